The Labute approximate surface area is 101 Å². The predicted molar refractivity (Wildman–Crippen MR) is 68.9 cm³/mol. The smallest absolute Gasteiger partial charge is 0.0702 e. The first-order chi connectivity index (χ1) is 7.86. The van der Waals surface area contributed by atoms with Crippen molar-refractivity contribution in [3.8, 4) is 0 Å². The second kappa shape index (κ2) is 8.97. The number of likely N-dealkylation sites (tertiary alicyclic amines) is 1. The van der Waals surface area contributed by atoms with Crippen molar-refractivity contribution in [3.63, 3.8) is 0 Å². The summed E-state index contributed by atoms with van der Waals surface area (Å²) in [5, 5.41) is 3.37. The highest BCUT2D eigenvalue weighted by Crippen LogP contribution is 2.13. The summed E-state index contributed by atoms with van der Waals surface area (Å²) in [5.41, 5.74) is 0. The molecule has 0 bridgehead atoms. The summed E-state index contributed by atoms with van der Waals surface area (Å²) >= 11 is 0. The van der Waals surface area contributed by atoms with E-state index in [4.69, 9.17) is 4.74 Å². The molecule has 1 N–H and O–H groups in total. The highest BCUT2D eigenvalue weighted by atomic mass is 16.5. The molecule has 1 aliphatic heterocycles. The average molecular weight is 228 g/mol. The van der Waals surface area contributed by atoms with Crippen LogP contribution in [0.4, 0.5) is 0 Å². The number of ether oxygens (including phenoxy) is 1. The molecule has 1 saturated heterocycles. The van der Waals surface area contributed by atoms with Gasteiger partial charge >= 0.3 is 0 Å². The van der Waals surface area contributed by atoms with E-state index >= 15 is 0 Å². The lowest BCUT2D eigenvalue weighted by Crippen LogP contribution is -2.40. The zero-order valence-electron chi connectivity index (χ0n) is 11.0. The summed E-state index contributed by atoms with van der Waals surface area (Å²) in [4.78, 5) is 2.57. The molecule has 0 amide bonds. The van der Waals surface area contributed by atoms with E-state index < -0.39 is 0 Å². The lowest BCUT2D eigenvalue weighted by atomic mass is 10.1. The molecule has 1 atom stereocenters. The minimum atomic E-state index is 0.493. The minimum Gasteiger partial charge on any atom is -0.377 e. The summed E-state index contributed by atoms with van der Waals surface area (Å²) in [6, 6.07) is 0. The lowest BCUT2D eigenvalue weighted by molar-refractivity contribution is 0.00563. The third-order valence-corrected chi connectivity index (χ3v) is 3.19. The standard InChI is InChI=1S/C13H28N2O/c1-3-14-9-5-6-10-15-11-7-8-13(12-15)16-4-2/h13-14H,3-12H2,1-2H3. The number of hydrogen-bond acceptors (Lipinski definition) is 3. The summed E-state index contributed by atoms with van der Waals surface area (Å²) in [5.74, 6) is 0. The van der Waals surface area contributed by atoms with E-state index in [0.29, 0.717) is 6.10 Å². The molecular formula is C13H28N2O. The van der Waals surface area contributed by atoms with Gasteiger partial charge in [0, 0.05) is 13.2 Å². The van der Waals surface area contributed by atoms with E-state index in [2.05, 4.69) is 24.1 Å². The van der Waals surface area contributed by atoms with Crippen LogP contribution in [-0.4, -0.2) is 50.3 Å². The topological polar surface area (TPSA) is 24.5 Å². The van der Waals surface area contributed by atoms with E-state index in [0.717, 1.165) is 19.7 Å². The maximum atomic E-state index is 5.70. The van der Waals surface area contributed by atoms with Gasteiger partial charge in [0.25, 0.3) is 0 Å². The molecule has 0 aromatic carbocycles. The normalized spacial score (nSPS) is 22.5. The van der Waals surface area contributed by atoms with Crippen LogP contribution in [0.2, 0.25) is 0 Å². The van der Waals surface area contributed by atoms with Crippen molar-refractivity contribution in [2.24, 2.45) is 0 Å². The van der Waals surface area contributed by atoms with Crippen molar-refractivity contribution >= 4 is 0 Å². The Hall–Kier alpha value is -0.120. The molecule has 0 aromatic rings. The number of unbranched alkanes of at least 4 members (excludes halogenated alkanes) is 1. The van der Waals surface area contributed by atoms with Crippen molar-refractivity contribution in [2.75, 3.05) is 39.3 Å². The summed E-state index contributed by atoms with van der Waals surface area (Å²) < 4.78 is 5.70. The van der Waals surface area contributed by atoms with Crippen molar-refractivity contribution in [1.29, 1.82) is 0 Å². The van der Waals surface area contributed by atoms with Gasteiger partial charge in [-0.05, 0) is 58.8 Å². The van der Waals surface area contributed by atoms with Gasteiger partial charge in [0.05, 0.1) is 6.10 Å². The third-order valence-electron chi connectivity index (χ3n) is 3.19. The molecule has 0 spiro atoms. The Morgan fingerprint density at radius 1 is 1.31 bits per heavy atom. The Morgan fingerprint density at radius 3 is 2.94 bits per heavy atom. The molecule has 1 fully saturated rings. The Morgan fingerprint density at radius 2 is 2.19 bits per heavy atom. The molecule has 0 aromatic heterocycles. The quantitative estimate of drug-likeness (QED) is 0.642. The SMILES string of the molecule is CCNCCCCN1CCCC(OCC)C1. The Kier molecular flexibility index (Phi) is 7.81. The zero-order chi connectivity index (χ0) is 11.6. The first kappa shape index (κ1) is 13.9. The van der Waals surface area contributed by atoms with Gasteiger partial charge in [-0.15, -0.1) is 0 Å². The fourth-order valence-corrected chi connectivity index (χ4v) is 2.35. The van der Waals surface area contributed by atoms with Crippen LogP contribution in [0.15, 0.2) is 0 Å². The molecular weight excluding hydrogens is 200 g/mol. The third kappa shape index (κ3) is 5.83. The van der Waals surface area contributed by atoms with Crippen LogP contribution in [0.1, 0.15) is 39.5 Å². The lowest BCUT2D eigenvalue weighted by Gasteiger charge is -2.32. The van der Waals surface area contributed by atoms with Crippen LogP contribution < -0.4 is 5.32 Å². The molecule has 3 heteroatoms. The van der Waals surface area contributed by atoms with Crippen LogP contribution >= 0.6 is 0 Å². The van der Waals surface area contributed by atoms with Gasteiger partial charge in [0.15, 0.2) is 0 Å². The van der Waals surface area contributed by atoms with Gasteiger partial charge in [-0.3, -0.25) is 0 Å². The van der Waals surface area contributed by atoms with E-state index in [9.17, 15) is 0 Å². The summed E-state index contributed by atoms with van der Waals surface area (Å²) in [7, 11) is 0. The molecule has 0 radical (unpaired) electrons. The van der Waals surface area contributed by atoms with Gasteiger partial charge in [-0.2, -0.15) is 0 Å². The molecule has 1 rings (SSSR count). The summed E-state index contributed by atoms with van der Waals surface area (Å²) in [6.45, 7) is 11.0. The predicted octanol–water partition coefficient (Wildman–Crippen LogP) is 1.88. The molecule has 1 heterocycles. The number of hydrogen-bond donors (Lipinski definition) is 1. The highest BCUT2D eigenvalue weighted by Gasteiger charge is 2.18. The number of piperidine rings is 1. The van der Waals surface area contributed by atoms with Crippen molar-refractivity contribution in [2.45, 2.75) is 45.6 Å². The molecule has 1 unspecified atom stereocenters. The maximum Gasteiger partial charge on any atom is 0.0702 e. The van der Waals surface area contributed by atoms with Crippen LogP contribution in [-0.2, 0) is 4.74 Å². The van der Waals surface area contributed by atoms with E-state index in [1.165, 1.54) is 45.3 Å². The van der Waals surface area contributed by atoms with Crippen molar-refractivity contribution < 1.29 is 4.74 Å². The van der Waals surface area contributed by atoms with Gasteiger partial charge < -0.3 is 15.0 Å². The maximum absolute atomic E-state index is 5.70. The zero-order valence-corrected chi connectivity index (χ0v) is 11.0. The van der Waals surface area contributed by atoms with Gasteiger partial charge in [-0.25, -0.2) is 0 Å². The molecule has 96 valence electrons. The number of nitrogens with zero attached hydrogens (tertiary/aromatic N) is 1. The fourth-order valence-electron chi connectivity index (χ4n) is 2.35. The Balaban J connectivity index is 2.02. The molecule has 0 saturated carbocycles. The minimum absolute atomic E-state index is 0.493. The van der Waals surface area contributed by atoms with Gasteiger partial charge in [0.1, 0.15) is 0 Å². The number of rotatable bonds is 8. The van der Waals surface area contributed by atoms with Crippen LogP contribution in [0.25, 0.3) is 0 Å². The molecule has 16 heavy (non-hydrogen) atoms. The largest absolute Gasteiger partial charge is 0.377 e. The molecule has 1 aliphatic rings. The first-order valence-electron chi connectivity index (χ1n) is 6.91. The second-order valence-electron chi connectivity index (χ2n) is 4.58. The van der Waals surface area contributed by atoms with Crippen molar-refractivity contribution in [1.82, 2.24) is 10.2 Å². The highest BCUT2D eigenvalue weighted by molar-refractivity contribution is 4.73. The van der Waals surface area contributed by atoms with Gasteiger partial charge in [-0.1, -0.05) is 6.92 Å². The van der Waals surface area contributed by atoms with Crippen LogP contribution in [0, 0.1) is 0 Å². The monoisotopic (exact) mass is 228 g/mol. The van der Waals surface area contributed by atoms with E-state index in [1.54, 1.807) is 0 Å². The molecule has 3 nitrogen and oxygen atoms in total. The summed E-state index contributed by atoms with van der Waals surface area (Å²) in [6.07, 6.45) is 5.65. The average Bonchev–Trinajstić information content (AvgIpc) is 2.30. The van der Waals surface area contributed by atoms with Crippen LogP contribution in [0.3, 0.4) is 0 Å². The number of nitrogens with one attached hydrogen (secondary N) is 1. The van der Waals surface area contributed by atoms with E-state index in [1.807, 2.05) is 0 Å². The second-order valence-corrected chi connectivity index (χ2v) is 4.58. The van der Waals surface area contributed by atoms with E-state index in [-0.39, 0.29) is 0 Å². The Bertz CT molecular complexity index is 162. The van der Waals surface area contributed by atoms with Crippen molar-refractivity contribution in [3.05, 3.63) is 0 Å². The first-order valence-corrected chi connectivity index (χ1v) is 6.91. The molecule has 0 aliphatic carbocycles. The fraction of sp³-hybridized carbons (Fsp3) is 1.00. The van der Waals surface area contributed by atoms with Crippen LogP contribution in [0.5, 0.6) is 0 Å². The van der Waals surface area contributed by atoms with Gasteiger partial charge in [0.2, 0.25) is 0 Å².